The molecule has 0 unspecified atom stereocenters. The molecule has 0 amide bonds. The lowest BCUT2D eigenvalue weighted by Crippen LogP contribution is -2.03. The van der Waals surface area contributed by atoms with Gasteiger partial charge in [0.15, 0.2) is 0 Å². The molecule has 1 aromatic heterocycles. The Kier molecular flexibility index (Phi) is 3.75. The number of hydrogen-bond donors (Lipinski definition) is 0. The second-order valence-corrected chi connectivity index (χ2v) is 7.28. The molecule has 3 aromatic rings. The Bertz CT molecular complexity index is 852. The van der Waals surface area contributed by atoms with Crippen molar-refractivity contribution < 1.29 is 12.6 Å². The fourth-order valence-electron chi connectivity index (χ4n) is 2.01. The highest BCUT2D eigenvalue weighted by Gasteiger charge is 2.12. The van der Waals surface area contributed by atoms with E-state index in [2.05, 4.69) is 4.98 Å². The highest BCUT2D eigenvalue weighted by Crippen LogP contribution is 2.32. The SMILES string of the molecule is CS(=O)(=O)OCc1ccccc1-c1nc2ccccc2s1. The normalized spacial score (nSPS) is 11.9. The van der Waals surface area contributed by atoms with Gasteiger partial charge in [0.2, 0.25) is 0 Å². The molecular formula is C15H13NO3S2. The Labute approximate surface area is 127 Å². The first-order chi connectivity index (χ1) is 10.0. The first-order valence-electron chi connectivity index (χ1n) is 6.31. The number of hydrogen-bond acceptors (Lipinski definition) is 5. The van der Waals surface area contributed by atoms with Crippen molar-refractivity contribution in [3.63, 3.8) is 0 Å². The van der Waals surface area contributed by atoms with Crippen LogP contribution < -0.4 is 0 Å². The molecule has 0 saturated carbocycles. The van der Waals surface area contributed by atoms with E-state index in [4.69, 9.17) is 4.18 Å². The summed E-state index contributed by atoms with van der Waals surface area (Å²) in [7, 11) is -3.46. The van der Waals surface area contributed by atoms with Crippen molar-refractivity contribution in [1.82, 2.24) is 4.98 Å². The van der Waals surface area contributed by atoms with Crippen molar-refractivity contribution in [3.05, 3.63) is 54.1 Å². The zero-order valence-corrected chi connectivity index (χ0v) is 12.9. The number of nitrogens with zero attached hydrogens (tertiary/aromatic N) is 1. The number of para-hydroxylation sites is 1. The summed E-state index contributed by atoms with van der Waals surface area (Å²) in [4.78, 5) is 4.60. The first kappa shape index (κ1) is 14.2. The lowest BCUT2D eigenvalue weighted by molar-refractivity contribution is 0.312. The molecule has 108 valence electrons. The van der Waals surface area contributed by atoms with Crippen LogP contribution in [-0.4, -0.2) is 19.7 Å². The average Bonchev–Trinajstić information content (AvgIpc) is 2.88. The van der Waals surface area contributed by atoms with Crippen molar-refractivity contribution >= 4 is 31.7 Å². The molecule has 4 nitrogen and oxygen atoms in total. The van der Waals surface area contributed by atoms with Crippen molar-refractivity contribution in [2.75, 3.05) is 6.26 Å². The molecule has 1 heterocycles. The van der Waals surface area contributed by atoms with Crippen LogP contribution in [0.15, 0.2) is 48.5 Å². The van der Waals surface area contributed by atoms with Gasteiger partial charge in [-0.25, -0.2) is 4.98 Å². The van der Waals surface area contributed by atoms with E-state index in [0.29, 0.717) is 0 Å². The van der Waals surface area contributed by atoms with E-state index in [1.807, 2.05) is 48.5 Å². The van der Waals surface area contributed by atoms with E-state index in [0.717, 1.165) is 32.6 Å². The van der Waals surface area contributed by atoms with Crippen LogP contribution in [-0.2, 0) is 20.9 Å². The molecular weight excluding hydrogens is 306 g/mol. The van der Waals surface area contributed by atoms with Crippen LogP contribution in [0.1, 0.15) is 5.56 Å². The van der Waals surface area contributed by atoms with Gasteiger partial charge in [0.25, 0.3) is 10.1 Å². The summed E-state index contributed by atoms with van der Waals surface area (Å²) in [5.41, 5.74) is 2.65. The lowest BCUT2D eigenvalue weighted by atomic mass is 10.1. The minimum atomic E-state index is -3.46. The highest BCUT2D eigenvalue weighted by atomic mass is 32.2. The molecule has 0 fully saturated rings. The van der Waals surface area contributed by atoms with Gasteiger partial charge < -0.3 is 0 Å². The Morgan fingerprint density at radius 2 is 1.81 bits per heavy atom. The molecule has 3 rings (SSSR count). The van der Waals surface area contributed by atoms with Crippen LogP contribution in [0.4, 0.5) is 0 Å². The maximum Gasteiger partial charge on any atom is 0.264 e. The minimum absolute atomic E-state index is 0.0188. The minimum Gasteiger partial charge on any atom is -0.265 e. The quantitative estimate of drug-likeness (QED) is 0.691. The van der Waals surface area contributed by atoms with Gasteiger partial charge in [-0.05, 0) is 17.7 Å². The molecule has 21 heavy (non-hydrogen) atoms. The molecule has 0 aliphatic rings. The van der Waals surface area contributed by atoms with Gasteiger partial charge in [0.05, 0.1) is 23.1 Å². The number of fused-ring (bicyclic) bond motifs is 1. The number of benzene rings is 2. The van der Waals surface area contributed by atoms with Gasteiger partial charge in [0, 0.05) is 5.56 Å². The molecule has 0 saturated heterocycles. The standard InChI is InChI=1S/C15H13NO3S2/c1-21(17,18)19-10-11-6-2-3-7-12(11)15-16-13-8-4-5-9-14(13)20-15/h2-9H,10H2,1H3. The maximum absolute atomic E-state index is 11.2. The van der Waals surface area contributed by atoms with Gasteiger partial charge in [-0.2, -0.15) is 8.42 Å². The number of thiazole rings is 1. The summed E-state index contributed by atoms with van der Waals surface area (Å²) >= 11 is 1.58. The third-order valence-electron chi connectivity index (χ3n) is 2.97. The molecule has 0 aliphatic heterocycles. The van der Waals surface area contributed by atoms with E-state index < -0.39 is 10.1 Å². The van der Waals surface area contributed by atoms with Crippen LogP contribution in [0, 0.1) is 0 Å². The third-order valence-corrected chi connectivity index (χ3v) is 4.59. The topological polar surface area (TPSA) is 56.3 Å². The summed E-state index contributed by atoms with van der Waals surface area (Å²) in [5, 5.41) is 0.865. The monoisotopic (exact) mass is 319 g/mol. The van der Waals surface area contributed by atoms with E-state index in [-0.39, 0.29) is 6.61 Å². The van der Waals surface area contributed by atoms with E-state index in [9.17, 15) is 8.42 Å². The predicted molar refractivity (Wildman–Crippen MR) is 84.7 cm³/mol. The number of aromatic nitrogens is 1. The summed E-state index contributed by atoms with van der Waals surface area (Å²) in [6.07, 6.45) is 1.05. The Hall–Kier alpha value is -1.76. The lowest BCUT2D eigenvalue weighted by Gasteiger charge is -2.06. The van der Waals surface area contributed by atoms with Crippen molar-refractivity contribution in [2.24, 2.45) is 0 Å². The first-order valence-corrected chi connectivity index (χ1v) is 8.94. The van der Waals surface area contributed by atoms with E-state index >= 15 is 0 Å². The summed E-state index contributed by atoms with van der Waals surface area (Å²) in [6, 6.07) is 15.5. The van der Waals surface area contributed by atoms with Crippen LogP contribution in [0.5, 0.6) is 0 Å². The van der Waals surface area contributed by atoms with Crippen LogP contribution in [0.25, 0.3) is 20.8 Å². The van der Waals surface area contributed by atoms with Crippen molar-refractivity contribution in [2.45, 2.75) is 6.61 Å². The van der Waals surface area contributed by atoms with Crippen LogP contribution >= 0.6 is 11.3 Å². The fourth-order valence-corrected chi connectivity index (χ4v) is 3.38. The molecule has 6 heteroatoms. The molecule has 0 N–H and O–H groups in total. The van der Waals surface area contributed by atoms with Crippen LogP contribution in [0.3, 0.4) is 0 Å². The van der Waals surface area contributed by atoms with E-state index in [1.54, 1.807) is 11.3 Å². The largest absolute Gasteiger partial charge is 0.265 e. The third kappa shape index (κ3) is 3.29. The van der Waals surface area contributed by atoms with Crippen molar-refractivity contribution in [1.29, 1.82) is 0 Å². The number of rotatable bonds is 4. The maximum atomic E-state index is 11.2. The van der Waals surface area contributed by atoms with Gasteiger partial charge >= 0.3 is 0 Å². The second kappa shape index (κ2) is 5.55. The molecule has 0 spiro atoms. The second-order valence-electron chi connectivity index (χ2n) is 4.61. The molecule has 0 aliphatic carbocycles. The average molecular weight is 319 g/mol. The zero-order valence-electron chi connectivity index (χ0n) is 11.3. The highest BCUT2D eigenvalue weighted by molar-refractivity contribution is 7.85. The van der Waals surface area contributed by atoms with Crippen molar-refractivity contribution in [3.8, 4) is 10.6 Å². The summed E-state index contributed by atoms with van der Waals surface area (Å²) < 4.78 is 28.3. The molecule has 2 aromatic carbocycles. The summed E-state index contributed by atoms with van der Waals surface area (Å²) in [6.45, 7) is 0.0188. The Morgan fingerprint density at radius 3 is 2.57 bits per heavy atom. The van der Waals surface area contributed by atoms with Gasteiger partial charge in [-0.3, -0.25) is 4.18 Å². The van der Waals surface area contributed by atoms with Gasteiger partial charge in [-0.15, -0.1) is 11.3 Å². The van der Waals surface area contributed by atoms with Gasteiger partial charge in [0.1, 0.15) is 5.01 Å². The van der Waals surface area contributed by atoms with Crippen LogP contribution in [0.2, 0.25) is 0 Å². The fraction of sp³-hybridized carbons (Fsp3) is 0.133. The molecule has 0 radical (unpaired) electrons. The smallest absolute Gasteiger partial charge is 0.264 e. The van der Waals surface area contributed by atoms with E-state index in [1.165, 1.54) is 0 Å². The molecule has 0 atom stereocenters. The summed E-state index contributed by atoms with van der Waals surface area (Å²) in [5.74, 6) is 0. The molecule has 0 bridgehead atoms. The Balaban J connectivity index is 2.01. The Morgan fingerprint density at radius 1 is 1.10 bits per heavy atom. The van der Waals surface area contributed by atoms with Gasteiger partial charge in [-0.1, -0.05) is 36.4 Å². The predicted octanol–water partition coefficient (Wildman–Crippen LogP) is 3.44. The zero-order chi connectivity index (χ0) is 14.9.